The van der Waals surface area contributed by atoms with Crippen LogP contribution in [-0.2, 0) is 71.4 Å². The lowest BCUT2D eigenvalue weighted by Crippen LogP contribution is -2.66. The molecule has 2 heterocycles. The third-order valence-electron chi connectivity index (χ3n) is 5.94. The van der Waals surface area contributed by atoms with E-state index in [2.05, 4.69) is 20.1 Å². The Bertz CT molecular complexity index is 1240. The molecule has 0 bridgehead atoms. The molecule has 2 fully saturated rings. The van der Waals surface area contributed by atoms with Crippen LogP contribution < -0.4 is 0 Å². The highest BCUT2D eigenvalue weighted by Gasteiger charge is 2.57. The van der Waals surface area contributed by atoms with Crippen molar-refractivity contribution in [1.29, 1.82) is 0 Å². The number of carbonyl (C=O) groups is 6. The summed E-state index contributed by atoms with van der Waals surface area (Å²) in [4.78, 5) is 77.5. The number of ether oxygens (including phenoxy) is 9. The highest BCUT2D eigenvalue weighted by molar-refractivity contribution is 5.69. The summed E-state index contributed by atoms with van der Waals surface area (Å²) in [6.45, 7) is 5.05. The van der Waals surface area contributed by atoms with Crippen LogP contribution in [0.5, 0.6) is 0 Å². The first-order valence-corrected chi connectivity index (χ1v) is 13.2. The molecule has 0 amide bonds. The SMILES string of the molecule is CC(=O)OC[C@H]1O[C@@H](N=[N+]=[N-])[C@H](OC(C)=O)[C@@H](OC(C)=O)[C@@H]1O[C@@H]1O[C@H](CN=[N+]=[N-])[C@@H](OC(C)=O)[C@H](OC(C)=O)[C@H]1OC(C)=O. The van der Waals surface area contributed by atoms with Crippen LogP contribution in [-0.4, -0.2) is 110 Å². The maximum atomic E-state index is 12.2. The number of azide groups is 2. The first-order valence-electron chi connectivity index (χ1n) is 13.2. The van der Waals surface area contributed by atoms with Crippen molar-refractivity contribution in [1.82, 2.24) is 0 Å². The lowest BCUT2D eigenvalue weighted by atomic mass is 9.95. The van der Waals surface area contributed by atoms with Crippen molar-refractivity contribution in [3.63, 3.8) is 0 Å². The molecule has 2 saturated heterocycles. The highest BCUT2D eigenvalue weighted by Crippen LogP contribution is 2.35. The van der Waals surface area contributed by atoms with E-state index in [1.54, 1.807) is 0 Å². The largest absolute Gasteiger partial charge is 0.463 e. The Balaban J connectivity index is 2.73. The van der Waals surface area contributed by atoms with Crippen molar-refractivity contribution in [2.75, 3.05) is 13.2 Å². The van der Waals surface area contributed by atoms with E-state index in [0.29, 0.717) is 0 Å². The first kappa shape index (κ1) is 36.5. The Labute approximate surface area is 254 Å². The molecule has 0 N–H and O–H groups in total. The number of hydrogen-bond donors (Lipinski definition) is 0. The van der Waals surface area contributed by atoms with E-state index in [0.717, 1.165) is 41.5 Å². The van der Waals surface area contributed by atoms with Crippen LogP contribution >= 0.6 is 0 Å². The standard InChI is InChI=1S/C24H32N6O15/c1-9(31)37-8-16-18(19(39-11(3)33)21(41-13(5)35)23(43-16)28-30-26)45-24-22(42-14(6)36)20(40-12(4)34)17(38-10(2)32)15(44-24)7-27-29-25/h15-24H,7-8H2,1-6H3/t15-,16-,17-,18-,19+,20+,21-,22-,23-,24+/m1/s1. The van der Waals surface area contributed by atoms with Gasteiger partial charge in [-0.2, -0.15) is 0 Å². The zero-order valence-corrected chi connectivity index (χ0v) is 25.0. The summed E-state index contributed by atoms with van der Waals surface area (Å²) in [5.74, 6) is -5.30. The molecule has 0 radical (unpaired) electrons. The van der Waals surface area contributed by atoms with Crippen LogP contribution in [0.25, 0.3) is 20.9 Å². The topological polar surface area (TPSA) is 283 Å². The molecule has 0 aromatic rings. The van der Waals surface area contributed by atoms with Gasteiger partial charge in [-0.25, -0.2) is 0 Å². The molecule has 45 heavy (non-hydrogen) atoms. The van der Waals surface area contributed by atoms with Crippen molar-refractivity contribution in [3.8, 4) is 0 Å². The summed E-state index contributed by atoms with van der Waals surface area (Å²) in [5.41, 5.74) is 18.0. The normalized spacial score (nSPS) is 30.6. The Morgan fingerprint density at radius 3 is 1.58 bits per heavy atom. The molecule has 10 atom stereocenters. The fourth-order valence-corrected chi connectivity index (χ4v) is 4.56. The van der Waals surface area contributed by atoms with Gasteiger partial charge in [-0.3, -0.25) is 28.8 Å². The quantitative estimate of drug-likeness (QED) is 0.0927. The molecule has 2 aliphatic heterocycles. The van der Waals surface area contributed by atoms with Crippen molar-refractivity contribution in [2.45, 2.75) is 103 Å². The third-order valence-corrected chi connectivity index (χ3v) is 5.94. The highest BCUT2D eigenvalue weighted by atomic mass is 16.7. The molecule has 21 nitrogen and oxygen atoms in total. The van der Waals surface area contributed by atoms with E-state index >= 15 is 0 Å². The number of carbonyl (C=O) groups excluding carboxylic acids is 6. The molecular weight excluding hydrogens is 612 g/mol. The minimum Gasteiger partial charge on any atom is -0.463 e. The summed E-state index contributed by atoms with van der Waals surface area (Å²) in [6.07, 6.45) is -15.9. The summed E-state index contributed by atoms with van der Waals surface area (Å²) in [7, 11) is 0. The predicted octanol–water partition coefficient (Wildman–Crippen LogP) is 0.664. The van der Waals surface area contributed by atoms with Gasteiger partial charge in [0.15, 0.2) is 43.0 Å². The van der Waals surface area contributed by atoms with Crippen molar-refractivity contribution < 1.29 is 71.4 Å². The molecule has 0 aromatic carbocycles. The van der Waals surface area contributed by atoms with Crippen LogP contribution in [0.2, 0.25) is 0 Å². The van der Waals surface area contributed by atoms with Crippen LogP contribution in [0, 0.1) is 0 Å². The van der Waals surface area contributed by atoms with Crippen LogP contribution in [0.3, 0.4) is 0 Å². The van der Waals surface area contributed by atoms with Crippen LogP contribution in [0.1, 0.15) is 41.5 Å². The minimum absolute atomic E-state index is 0.515. The third kappa shape index (κ3) is 10.8. The van der Waals surface area contributed by atoms with Crippen LogP contribution in [0.15, 0.2) is 10.2 Å². The fraction of sp³-hybridized carbons (Fsp3) is 0.750. The molecule has 2 rings (SSSR count). The van der Waals surface area contributed by atoms with Crippen molar-refractivity contribution >= 4 is 35.8 Å². The Kier molecular flexibility index (Phi) is 13.8. The van der Waals surface area contributed by atoms with Crippen LogP contribution in [0.4, 0.5) is 0 Å². The van der Waals surface area contributed by atoms with Crippen molar-refractivity contribution in [3.05, 3.63) is 20.9 Å². The second-order valence-corrected chi connectivity index (χ2v) is 9.50. The Morgan fingerprint density at radius 1 is 0.600 bits per heavy atom. The maximum absolute atomic E-state index is 12.2. The maximum Gasteiger partial charge on any atom is 0.303 e. The summed E-state index contributed by atoms with van der Waals surface area (Å²) < 4.78 is 49.6. The van der Waals surface area contributed by atoms with Gasteiger partial charge in [0.1, 0.15) is 24.9 Å². The average molecular weight is 645 g/mol. The predicted molar refractivity (Wildman–Crippen MR) is 140 cm³/mol. The van der Waals surface area contributed by atoms with Gasteiger partial charge in [-0.05, 0) is 11.1 Å². The van der Waals surface area contributed by atoms with Gasteiger partial charge in [0.25, 0.3) is 0 Å². The minimum atomic E-state index is -1.80. The molecule has 21 heteroatoms. The average Bonchev–Trinajstić information content (AvgIpc) is 2.91. The second kappa shape index (κ2) is 17.0. The number of hydrogen-bond acceptors (Lipinski definition) is 17. The van der Waals surface area contributed by atoms with Gasteiger partial charge in [0.2, 0.25) is 0 Å². The molecule has 0 spiro atoms. The van der Waals surface area contributed by atoms with Gasteiger partial charge in [0.05, 0.1) is 6.54 Å². The van der Waals surface area contributed by atoms with Gasteiger partial charge in [-0.15, -0.1) is 0 Å². The smallest absolute Gasteiger partial charge is 0.303 e. The van der Waals surface area contributed by atoms with Gasteiger partial charge in [0, 0.05) is 51.4 Å². The molecule has 248 valence electrons. The van der Waals surface area contributed by atoms with E-state index < -0.39 is 110 Å². The van der Waals surface area contributed by atoms with E-state index in [9.17, 15) is 28.8 Å². The van der Waals surface area contributed by atoms with Gasteiger partial charge < -0.3 is 42.6 Å². The van der Waals surface area contributed by atoms with E-state index in [1.807, 2.05) is 0 Å². The lowest BCUT2D eigenvalue weighted by molar-refractivity contribution is -0.341. The summed E-state index contributed by atoms with van der Waals surface area (Å²) in [5, 5.41) is 6.89. The van der Waals surface area contributed by atoms with E-state index in [4.69, 9.17) is 53.7 Å². The zero-order chi connectivity index (χ0) is 33.8. The fourth-order valence-electron chi connectivity index (χ4n) is 4.56. The van der Waals surface area contributed by atoms with E-state index in [1.165, 1.54) is 0 Å². The Hall–Kier alpha value is -4.68. The van der Waals surface area contributed by atoms with Gasteiger partial charge >= 0.3 is 35.8 Å². The molecule has 0 saturated carbocycles. The van der Waals surface area contributed by atoms with Crippen molar-refractivity contribution in [2.24, 2.45) is 10.2 Å². The molecule has 0 aliphatic carbocycles. The second-order valence-electron chi connectivity index (χ2n) is 9.50. The number of rotatable bonds is 12. The number of esters is 6. The molecule has 0 aromatic heterocycles. The first-order chi connectivity index (χ1) is 21.2. The summed E-state index contributed by atoms with van der Waals surface area (Å²) in [6, 6.07) is 0. The molecular formula is C24H32N6O15. The monoisotopic (exact) mass is 644 g/mol. The van der Waals surface area contributed by atoms with E-state index in [-0.39, 0.29) is 0 Å². The van der Waals surface area contributed by atoms with Gasteiger partial charge in [-0.1, -0.05) is 10.2 Å². The Morgan fingerprint density at radius 2 is 1.09 bits per heavy atom. The lowest BCUT2D eigenvalue weighted by Gasteiger charge is -2.48. The number of nitrogens with zero attached hydrogens (tertiary/aromatic N) is 6. The summed E-state index contributed by atoms with van der Waals surface area (Å²) >= 11 is 0. The molecule has 0 unspecified atom stereocenters. The molecule has 2 aliphatic rings. The zero-order valence-electron chi connectivity index (χ0n) is 25.0.